The number of nitrogens with zero attached hydrogens (tertiary/aromatic N) is 1. The minimum atomic E-state index is -1.43. The molecule has 1 aliphatic rings. The Morgan fingerprint density at radius 2 is 1.61 bits per heavy atom. The number of methoxy groups -OCH3 is 1. The molecule has 1 heterocycles. The molecule has 2 unspecified atom stereocenters. The van der Waals surface area contributed by atoms with Gasteiger partial charge in [0.05, 0.1) is 20.3 Å². The molecular weight excluding hydrogens is 393 g/mol. The first-order chi connectivity index (χ1) is 15.1. The van der Waals surface area contributed by atoms with E-state index in [1.54, 1.807) is 19.2 Å². The molecule has 0 bridgehead atoms. The quantitative estimate of drug-likeness (QED) is 0.621. The van der Waals surface area contributed by atoms with Crippen LogP contribution < -0.4 is 4.74 Å². The summed E-state index contributed by atoms with van der Waals surface area (Å²) in [5.74, 6) is -0.0543. The molecule has 1 N–H and O–H groups in total. The van der Waals surface area contributed by atoms with Crippen LogP contribution in [0.4, 0.5) is 4.39 Å². The van der Waals surface area contributed by atoms with E-state index in [2.05, 4.69) is 4.90 Å². The number of ether oxygens (including phenoxy) is 2. The summed E-state index contributed by atoms with van der Waals surface area (Å²) in [6.07, 6.45) is 0. The third-order valence-corrected chi connectivity index (χ3v) is 6.05. The van der Waals surface area contributed by atoms with E-state index >= 15 is 0 Å². The SMILES string of the molecule is COc1ccccc1C(O)(c1ccc(F)cc1)C(CN1CCOCC1)c1ccccc1. The summed E-state index contributed by atoms with van der Waals surface area (Å²) in [5, 5.41) is 12.5. The van der Waals surface area contributed by atoms with Gasteiger partial charge in [0, 0.05) is 31.1 Å². The van der Waals surface area contributed by atoms with E-state index in [0.717, 1.165) is 18.7 Å². The number of aliphatic hydroxyl groups is 1. The molecule has 3 aromatic rings. The van der Waals surface area contributed by atoms with Gasteiger partial charge in [-0.05, 0) is 29.3 Å². The van der Waals surface area contributed by atoms with Crippen molar-refractivity contribution in [3.8, 4) is 5.75 Å². The highest BCUT2D eigenvalue weighted by Crippen LogP contribution is 2.46. The Morgan fingerprint density at radius 3 is 2.29 bits per heavy atom. The zero-order chi connectivity index (χ0) is 21.7. The molecule has 1 saturated heterocycles. The number of hydrogen-bond donors (Lipinski definition) is 1. The molecule has 0 amide bonds. The van der Waals surface area contributed by atoms with E-state index in [1.165, 1.54) is 12.1 Å². The van der Waals surface area contributed by atoms with E-state index in [1.807, 2.05) is 54.6 Å². The van der Waals surface area contributed by atoms with Gasteiger partial charge in [0.1, 0.15) is 17.2 Å². The molecule has 0 aromatic heterocycles. The molecule has 5 heteroatoms. The van der Waals surface area contributed by atoms with Crippen LogP contribution in [0.15, 0.2) is 78.9 Å². The van der Waals surface area contributed by atoms with E-state index in [4.69, 9.17) is 9.47 Å². The molecular formula is C26H28FNO3. The lowest BCUT2D eigenvalue weighted by Crippen LogP contribution is -2.45. The molecule has 1 fully saturated rings. The average Bonchev–Trinajstić information content (AvgIpc) is 2.83. The molecule has 0 saturated carbocycles. The standard InChI is InChI=1S/C26H28FNO3/c1-30-25-10-6-5-9-23(25)26(29,21-11-13-22(27)14-12-21)24(20-7-3-2-4-8-20)19-28-15-17-31-18-16-28/h2-14,24,29H,15-19H2,1H3. The van der Waals surface area contributed by atoms with Gasteiger partial charge in [-0.3, -0.25) is 4.90 Å². The highest BCUT2D eigenvalue weighted by atomic mass is 19.1. The fourth-order valence-electron chi connectivity index (χ4n) is 4.41. The Kier molecular flexibility index (Phi) is 6.66. The molecule has 0 spiro atoms. The lowest BCUT2D eigenvalue weighted by atomic mass is 9.72. The third-order valence-electron chi connectivity index (χ3n) is 6.05. The summed E-state index contributed by atoms with van der Waals surface area (Å²) < 4.78 is 25.0. The van der Waals surface area contributed by atoms with Crippen molar-refractivity contribution in [3.63, 3.8) is 0 Å². The van der Waals surface area contributed by atoms with Crippen molar-refractivity contribution in [1.82, 2.24) is 4.90 Å². The predicted octanol–water partition coefficient (Wildman–Crippen LogP) is 4.19. The molecule has 0 radical (unpaired) electrons. The molecule has 2 atom stereocenters. The summed E-state index contributed by atoms with van der Waals surface area (Å²) in [4.78, 5) is 2.31. The average molecular weight is 422 g/mol. The maximum absolute atomic E-state index is 13.8. The highest BCUT2D eigenvalue weighted by Gasteiger charge is 2.44. The van der Waals surface area contributed by atoms with Crippen LogP contribution >= 0.6 is 0 Å². The van der Waals surface area contributed by atoms with Gasteiger partial charge in [0.2, 0.25) is 0 Å². The smallest absolute Gasteiger partial charge is 0.126 e. The maximum atomic E-state index is 13.8. The van der Waals surface area contributed by atoms with Gasteiger partial charge >= 0.3 is 0 Å². The fraction of sp³-hybridized carbons (Fsp3) is 0.308. The summed E-state index contributed by atoms with van der Waals surface area (Å²) >= 11 is 0. The largest absolute Gasteiger partial charge is 0.496 e. The molecule has 162 valence electrons. The number of benzene rings is 3. The Bertz CT molecular complexity index is 973. The van der Waals surface area contributed by atoms with E-state index in [0.29, 0.717) is 36.6 Å². The van der Waals surface area contributed by atoms with E-state index < -0.39 is 5.60 Å². The highest BCUT2D eigenvalue weighted by molar-refractivity contribution is 5.48. The Morgan fingerprint density at radius 1 is 0.968 bits per heavy atom. The number of morpholine rings is 1. The molecule has 1 aliphatic heterocycles. The minimum Gasteiger partial charge on any atom is -0.496 e. The Labute approximate surface area is 182 Å². The summed E-state index contributed by atoms with van der Waals surface area (Å²) in [6, 6.07) is 23.6. The monoisotopic (exact) mass is 421 g/mol. The maximum Gasteiger partial charge on any atom is 0.126 e. The van der Waals surface area contributed by atoms with Crippen LogP contribution in [0.1, 0.15) is 22.6 Å². The van der Waals surface area contributed by atoms with Crippen molar-refractivity contribution >= 4 is 0 Å². The Balaban J connectivity index is 1.90. The fourth-order valence-corrected chi connectivity index (χ4v) is 4.41. The molecule has 31 heavy (non-hydrogen) atoms. The van der Waals surface area contributed by atoms with Crippen molar-refractivity contribution in [2.24, 2.45) is 0 Å². The van der Waals surface area contributed by atoms with Gasteiger partial charge < -0.3 is 14.6 Å². The molecule has 0 aliphatic carbocycles. The van der Waals surface area contributed by atoms with Crippen molar-refractivity contribution in [2.75, 3.05) is 40.0 Å². The second kappa shape index (κ2) is 9.60. The number of hydrogen-bond acceptors (Lipinski definition) is 4. The first kappa shape index (κ1) is 21.5. The summed E-state index contributed by atoms with van der Waals surface area (Å²) in [7, 11) is 1.60. The van der Waals surface area contributed by atoms with Crippen LogP contribution in [-0.2, 0) is 10.3 Å². The lowest BCUT2D eigenvalue weighted by Gasteiger charge is -2.41. The van der Waals surface area contributed by atoms with Crippen LogP contribution in [0.5, 0.6) is 5.75 Å². The summed E-state index contributed by atoms with van der Waals surface area (Å²) in [5.41, 5.74) is 0.860. The summed E-state index contributed by atoms with van der Waals surface area (Å²) in [6.45, 7) is 3.57. The number of para-hydroxylation sites is 1. The predicted molar refractivity (Wildman–Crippen MR) is 119 cm³/mol. The van der Waals surface area contributed by atoms with Crippen molar-refractivity contribution < 1.29 is 19.0 Å². The molecule has 4 nitrogen and oxygen atoms in total. The number of rotatable bonds is 7. The lowest BCUT2D eigenvalue weighted by molar-refractivity contribution is -0.000159. The van der Waals surface area contributed by atoms with Gasteiger partial charge in [0.25, 0.3) is 0 Å². The van der Waals surface area contributed by atoms with E-state index in [-0.39, 0.29) is 11.7 Å². The van der Waals surface area contributed by atoms with Crippen LogP contribution in [0.2, 0.25) is 0 Å². The van der Waals surface area contributed by atoms with Crippen molar-refractivity contribution in [3.05, 3.63) is 101 Å². The first-order valence-electron chi connectivity index (χ1n) is 10.6. The van der Waals surface area contributed by atoms with Crippen molar-refractivity contribution in [1.29, 1.82) is 0 Å². The zero-order valence-electron chi connectivity index (χ0n) is 17.7. The number of halogens is 1. The van der Waals surface area contributed by atoms with Gasteiger partial charge in [-0.25, -0.2) is 4.39 Å². The normalized spacial score (nSPS) is 17.6. The van der Waals surface area contributed by atoms with Crippen LogP contribution in [0.3, 0.4) is 0 Å². The van der Waals surface area contributed by atoms with E-state index in [9.17, 15) is 9.50 Å². The van der Waals surface area contributed by atoms with Gasteiger partial charge in [-0.2, -0.15) is 0 Å². The van der Waals surface area contributed by atoms with Crippen molar-refractivity contribution in [2.45, 2.75) is 11.5 Å². The zero-order valence-corrected chi connectivity index (χ0v) is 17.7. The second-order valence-corrected chi connectivity index (χ2v) is 7.85. The van der Waals surface area contributed by atoms with Crippen LogP contribution in [-0.4, -0.2) is 50.0 Å². The molecule has 4 rings (SSSR count). The molecule has 3 aromatic carbocycles. The topological polar surface area (TPSA) is 41.9 Å². The van der Waals surface area contributed by atoms with Gasteiger partial charge in [-0.1, -0.05) is 60.7 Å². The van der Waals surface area contributed by atoms with Gasteiger partial charge in [-0.15, -0.1) is 0 Å². The second-order valence-electron chi connectivity index (χ2n) is 7.85. The minimum absolute atomic E-state index is 0.312. The van der Waals surface area contributed by atoms with Crippen LogP contribution in [0, 0.1) is 5.82 Å². The van der Waals surface area contributed by atoms with Gasteiger partial charge in [0.15, 0.2) is 0 Å². The Hall–Kier alpha value is -2.73. The first-order valence-corrected chi connectivity index (χ1v) is 10.6. The van der Waals surface area contributed by atoms with Crippen LogP contribution in [0.25, 0.3) is 0 Å². The third kappa shape index (κ3) is 4.49.